The van der Waals surface area contributed by atoms with Crippen LogP contribution in [-0.4, -0.2) is 5.16 Å². The molecule has 0 atom stereocenters. The summed E-state index contributed by atoms with van der Waals surface area (Å²) in [4.78, 5) is 1.04. The molecule has 2 aromatic heterocycles. The van der Waals surface area contributed by atoms with Crippen LogP contribution in [0.1, 0.15) is 0 Å². The van der Waals surface area contributed by atoms with E-state index in [0.717, 1.165) is 26.2 Å². The predicted molar refractivity (Wildman–Crippen MR) is 77.4 cm³/mol. The maximum atomic E-state index is 5.90. The van der Waals surface area contributed by atoms with Crippen LogP contribution in [0.3, 0.4) is 0 Å². The van der Waals surface area contributed by atoms with E-state index in [1.54, 1.807) is 11.3 Å². The summed E-state index contributed by atoms with van der Waals surface area (Å²) in [5.74, 6) is 0.338. The number of hydrogen-bond acceptors (Lipinski definition) is 4. The molecule has 0 aliphatic heterocycles. The fourth-order valence-electron chi connectivity index (χ4n) is 1.81. The summed E-state index contributed by atoms with van der Waals surface area (Å²) in [6.45, 7) is 0. The quantitative estimate of drug-likeness (QED) is 0.760. The van der Waals surface area contributed by atoms with E-state index in [-0.39, 0.29) is 0 Å². The summed E-state index contributed by atoms with van der Waals surface area (Å²) >= 11 is 5.14. The van der Waals surface area contributed by atoms with Gasteiger partial charge >= 0.3 is 0 Å². The zero-order chi connectivity index (χ0) is 12.5. The maximum Gasteiger partial charge on any atom is 0.230 e. The molecule has 0 aliphatic rings. The van der Waals surface area contributed by atoms with Crippen molar-refractivity contribution in [1.29, 1.82) is 0 Å². The highest BCUT2D eigenvalue weighted by molar-refractivity contribution is 9.10. The van der Waals surface area contributed by atoms with E-state index in [0.29, 0.717) is 5.88 Å². The Balaban J connectivity index is 2.24. The molecule has 5 heteroatoms. The molecule has 3 aromatic rings. The molecule has 0 bridgehead atoms. The zero-order valence-electron chi connectivity index (χ0n) is 9.26. The van der Waals surface area contributed by atoms with Gasteiger partial charge in [0.2, 0.25) is 5.88 Å². The fraction of sp³-hybridized carbons (Fsp3) is 0. The number of nitrogen functional groups attached to an aromatic ring is 1. The molecule has 0 radical (unpaired) electrons. The minimum Gasteiger partial charge on any atom is -0.367 e. The van der Waals surface area contributed by atoms with Gasteiger partial charge in [0.15, 0.2) is 0 Å². The molecule has 0 saturated carbocycles. The van der Waals surface area contributed by atoms with Gasteiger partial charge in [-0.3, -0.25) is 0 Å². The highest BCUT2D eigenvalue weighted by Gasteiger charge is 2.19. The molecule has 18 heavy (non-hydrogen) atoms. The molecule has 1 aromatic carbocycles. The van der Waals surface area contributed by atoms with Crippen LogP contribution >= 0.6 is 27.3 Å². The Bertz CT molecular complexity index is 676. The Kier molecular flexibility index (Phi) is 2.93. The first-order chi connectivity index (χ1) is 8.77. The van der Waals surface area contributed by atoms with E-state index in [4.69, 9.17) is 10.3 Å². The minimum atomic E-state index is 0.338. The lowest BCUT2D eigenvalue weighted by atomic mass is 10.1. The lowest BCUT2D eigenvalue weighted by Gasteiger charge is -2.03. The highest BCUT2D eigenvalue weighted by Crippen LogP contribution is 2.40. The van der Waals surface area contributed by atoms with Crippen molar-refractivity contribution in [3.63, 3.8) is 0 Å². The number of halogens is 1. The number of nitrogens with zero attached hydrogens (tertiary/aromatic N) is 1. The second-order valence-electron chi connectivity index (χ2n) is 3.73. The summed E-state index contributed by atoms with van der Waals surface area (Å²) in [7, 11) is 0. The normalized spacial score (nSPS) is 10.7. The molecule has 2 N–H and O–H groups in total. The number of benzene rings is 1. The van der Waals surface area contributed by atoms with Crippen LogP contribution in [0.15, 0.2) is 50.8 Å². The van der Waals surface area contributed by atoms with Crippen LogP contribution in [0.25, 0.3) is 21.7 Å². The van der Waals surface area contributed by atoms with E-state index in [2.05, 4.69) is 21.1 Å². The number of thiophene rings is 1. The number of aromatic nitrogens is 1. The largest absolute Gasteiger partial charge is 0.367 e. The van der Waals surface area contributed by atoms with E-state index in [1.807, 2.05) is 41.8 Å². The minimum absolute atomic E-state index is 0.338. The Hall–Kier alpha value is -1.59. The molecule has 0 spiro atoms. The van der Waals surface area contributed by atoms with Gasteiger partial charge in [0.1, 0.15) is 5.69 Å². The molecule has 0 amide bonds. The second kappa shape index (κ2) is 4.59. The van der Waals surface area contributed by atoms with Crippen LogP contribution in [-0.2, 0) is 0 Å². The molecule has 3 rings (SSSR count). The third-order valence-corrected chi connectivity index (χ3v) is 4.18. The van der Waals surface area contributed by atoms with Crippen molar-refractivity contribution in [3.8, 4) is 21.7 Å². The summed E-state index contributed by atoms with van der Waals surface area (Å²) in [5, 5.41) is 6.07. The third kappa shape index (κ3) is 1.85. The molecule has 0 fully saturated rings. The van der Waals surface area contributed by atoms with E-state index >= 15 is 0 Å². The van der Waals surface area contributed by atoms with Crippen molar-refractivity contribution in [2.75, 3.05) is 5.73 Å². The summed E-state index contributed by atoms with van der Waals surface area (Å²) in [5.41, 5.74) is 8.51. The molecule has 0 aliphatic carbocycles. The summed E-state index contributed by atoms with van der Waals surface area (Å²) < 4.78 is 6.11. The van der Waals surface area contributed by atoms with E-state index in [1.165, 1.54) is 0 Å². The Morgan fingerprint density at radius 2 is 2.00 bits per heavy atom. The number of anilines is 1. The fourth-order valence-corrected chi connectivity index (χ4v) is 3.00. The Morgan fingerprint density at radius 1 is 1.17 bits per heavy atom. The highest BCUT2D eigenvalue weighted by atomic mass is 79.9. The lowest BCUT2D eigenvalue weighted by Crippen LogP contribution is -1.87. The van der Waals surface area contributed by atoms with Gasteiger partial charge in [0.05, 0.1) is 10.4 Å². The van der Waals surface area contributed by atoms with Gasteiger partial charge in [-0.05, 0) is 17.5 Å². The van der Waals surface area contributed by atoms with Crippen molar-refractivity contribution in [2.24, 2.45) is 0 Å². The first kappa shape index (κ1) is 11.5. The van der Waals surface area contributed by atoms with Crippen molar-refractivity contribution in [2.45, 2.75) is 0 Å². The van der Waals surface area contributed by atoms with E-state index < -0.39 is 0 Å². The van der Waals surface area contributed by atoms with Crippen molar-refractivity contribution in [1.82, 2.24) is 5.16 Å². The van der Waals surface area contributed by atoms with Crippen LogP contribution in [0.2, 0.25) is 0 Å². The van der Waals surface area contributed by atoms with Gasteiger partial charge in [-0.15, -0.1) is 11.3 Å². The van der Waals surface area contributed by atoms with E-state index in [9.17, 15) is 0 Å². The molecule has 2 heterocycles. The average Bonchev–Trinajstić information content (AvgIpc) is 2.99. The maximum absolute atomic E-state index is 5.90. The van der Waals surface area contributed by atoms with Crippen molar-refractivity contribution < 1.29 is 4.52 Å². The number of hydrogen-bond donors (Lipinski definition) is 1. The topological polar surface area (TPSA) is 52.0 Å². The molecule has 3 nitrogen and oxygen atoms in total. The van der Waals surface area contributed by atoms with Gasteiger partial charge in [-0.2, -0.15) is 0 Å². The average molecular weight is 321 g/mol. The van der Waals surface area contributed by atoms with Gasteiger partial charge in [0.25, 0.3) is 0 Å². The lowest BCUT2D eigenvalue weighted by molar-refractivity contribution is 0.439. The Morgan fingerprint density at radius 3 is 2.72 bits per heavy atom. The van der Waals surface area contributed by atoms with Crippen LogP contribution in [0.5, 0.6) is 0 Å². The summed E-state index contributed by atoms with van der Waals surface area (Å²) in [6, 6.07) is 11.9. The monoisotopic (exact) mass is 320 g/mol. The van der Waals surface area contributed by atoms with Crippen LogP contribution in [0.4, 0.5) is 5.88 Å². The predicted octanol–water partition coefficient (Wildman–Crippen LogP) is 4.41. The SMILES string of the molecule is Nc1onc(-c2cccs2)c1-c1ccccc1Br. The first-order valence-corrected chi connectivity index (χ1v) is 6.98. The van der Waals surface area contributed by atoms with Gasteiger partial charge in [-0.25, -0.2) is 0 Å². The smallest absolute Gasteiger partial charge is 0.230 e. The molecular formula is C13H9BrN2OS. The molecular weight excluding hydrogens is 312 g/mol. The van der Waals surface area contributed by atoms with Crippen molar-refractivity contribution in [3.05, 3.63) is 46.3 Å². The standard InChI is InChI=1S/C13H9BrN2OS/c14-9-5-2-1-4-8(9)11-12(16-17-13(11)15)10-6-3-7-18-10/h1-7H,15H2. The van der Waals surface area contributed by atoms with Crippen LogP contribution < -0.4 is 5.73 Å². The number of nitrogens with two attached hydrogens (primary N) is 1. The van der Waals surface area contributed by atoms with Gasteiger partial charge in [0, 0.05) is 10.0 Å². The molecule has 0 unspecified atom stereocenters. The van der Waals surface area contributed by atoms with Gasteiger partial charge in [-0.1, -0.05) is 45.4 Å². The molecule has 90 valence electrons. The Labute approximate surface area is 116 Å². The third-order valence-electron chi connectivity index (χ3n) is 2.62. The zero-order valence-corrected chi connectivity index (χ0v) is 11.7. The summed E-state index contributed by atoms with van der Waals surface area (Å²) in [6.07, 6.45) is 0. The number of rotatable bonds is 2. The molecule has 0 saturated heterocycles. The van der Waals surface area contributed by atoms with Crippen LogP contribution in [0, 0.1) is 0 Å². The second-order valence-corrected chi connectivity index (χ2v) is 5.53. The first-order valence-electron chi connectivity index (χ1n) is 5.31. The van der Waals surface area contributed by atoms with Gasteiger partial charge < -0.3 is 10.3 Å². The van der Waals surface area contributed by atoms with Crippen molar-refractivity contribution >= 4 is 33.2 Å².